The molecular weight excluding hydrogens is 296 g/mol. The van der Waals surface area contributed by atoms with Crippen molar-refractivity contribution in [3.05, 3.63) is 46.0 Å². The van der Waals surface area contributed by atoms with Crippen LogP contribution in [0.3, 0.4) is 0 Å². The smallest absolute Gasteiger partial charge is 0.118 e. The maximum Gasteiger partial charge on any atom is 0.118 e. The summed E-state index contributed by atoms with van der Waals surface area (Å²) in [6.45, 7) is 7.87. The molecule has 2 aliphatic heterocycles. The van der Waals surface area contributed by atoms with Gasteiger partial charge in [-0.2, -0.15) is 11.3 Å². The van der Waals surface area contributed by atoms with E-state index in [1.165, 1.54) is 5.56 Å². The highest BCUT2D eigenvalue weighted by Gasteiger charge is 2.40. The molecule has 0 unspecified atom stereocenters. The Bertz CT molecular complexity index is 610. The molecule has 2 saturated heterocycles. The molecule has 2 fully saturated rings. The first-order chi connectivity index (χ1) is 10.8. The lowest BCUT2D eigenvalue weighted by atomic mass is 10.1. The van der Waals surface area contributed by atoms with Crippen LogP contribution in [0.5, 0.6) is 0 Å². The lowest BCUT2D eigenvalue weighted by Crippen LogP contribution is -2.50. The molecule has 4 heterocycles. The van der Waals surface area contributed by atoms with Crippen LogP contribution in [0, 0.1) is 6.92 Å². The van der Waals surface area contributed by atoms with Gasteiger partial charge < -0.3 is 9.15 Å². The predicted molar refractivity (Wildman–Crippen MR) is 87.0 cm³/mol. The zero-order chi connectivity index (χ0) is 14.9. The quantitative estimate of drug-likeness (QED) is 0.867. The summed E-state index contributed by atoms with van der Waals surface area (Å²) in [6.07, 6.45) is 0.337. The molecule has 0 amide bonds. The normalized spacial score (nSPS) is 26.4. The highest BCUT2D eigenvalue weighted by molar-refractivity contribution is 7.07. The second-order valence-corrected chi connectivity index (χ2v) is 7.07. The maximum absolute atomic E-state index is 6.01. The summed E-state index contributed by atoms with van der Waals surface area (Å²) >= 11 is 1.77. The Labute approximate surface area is 135 Å². The summed E-state index contributed by atoms with van der Waals surface area (Å²) in [6, 6.07) is 6.84. The summed E-state index contributed by atoms with van der Waals surface area (Å²) < 4.78 is 11.8. The minimum Gasteiger partial charge on any atom is -0.465 e. The summed E-state index contributed by atoms with van der Waals surface area (Å²) in [5, 5.41) is 4.40. The van der Waals surface area contributed by atoms with E-state index < -0.39 is 0 Å². The van der Waals surface area contributed by atoms with E-state index >= 15 is 0 Å². The number of rotatable bonds is 4. The fourth-order valence-corrected chi connectivity index (χ4v) is 4.23. The highest BCUT2D eigenvalue weighted by Crippen LogP contribution is 2.26. The fourth-order valence-electron chi connectivity index (χ4n) is 3.57. The molecule has 0 saturated carbocycles. The van der Waals surface area contributed by atoms with Crippen molar-refractivity contribution in [3.63, 3.8) is 0 Å². The van der Waals surface area contributed by atoms with Crippen molar-refractivity contribution in [3.8, 4) is 0 Å². The zero-order valence-corrected chi connectivity index (χ0v) is 13.7. The number of thiophene rings is 1. The molecule has 5 heteroatoms. The zero-order valence-electron chi connectivity index (χ0n) is 12.9. The predicted octanol–water partition coefficient (Wildman–Crippen LogP) is 2.73. The Hall–Kier alpha value is -1.14. The van der Waals surface area contributed by atoms with Gasteiger partial charge in [-0.3, -0.25) is 9.80 Å². The maximum atomic E-state index is 6.01. The Morgan fingerprint density at radius 2 is 2.18 bits per heavy atom. The molecule has 0 aromatic carbocycles. The van der Waals surface area contributed by atoms with Gasteiger partial charge in [0.15, 0.2) is 0 Å². The summed E-state index contributed by atoms with van der Waals surface area (Å²) in [5.41, 5.74) is 1.41. The highest BCUT2D eigenvalue weighted by atomic mass is 32.1. The average molecular weight is 318 g/mol. The van der Waals surface area contributed by atoms with E-state index in [1.807, 2.05) is 13.0 Å². The molecule has 0 aliphatic carbocycles. The van der Waals surface area contributed by atoms with Gasteiger partial charge in [0.25, 0.3) is 0 Å². The molecule has 0 bridgehead atoms. The number of aryl methyl sites for hydroxylation is 1. The van der Waals surface area contributed by atoms with Gasteiger partial charge in [0, 0.05) is 26.2 Å². The third-order valence-electron chi connectivity index (χ3n) is 4.63. The van der Waals surface area contributed by atoms with E-state index in [4.69, 9.17) is 9.15 Å². The van der Waals surface area contributed by atoms with Crippen LogP contribution in [0.2, 0.25) is 0 Å². The molecule has 2 aliphatic rings. The number of fused-ring (bicyclic) bond motifs is 1. The molecule has 4 rings (SSSR count). The van der Waals surface area contributed by atoms with Crippen LogP contribution < -0.4 is 0 Å². The van der Waals surface area contributed by atoms with E-state index in [0.29, 0.717) is 12.1 Å². The molecule has 2 atom stereocenters. The fraction of sp³-hybridized carbons (Fsp3) is 0.529. The van der Waals surface area contributed by atoms with Crippen molar-refractivity contribution in [2.24, 2.45) is 0 Å². The number of morpholine rings is 1. The third-order valence-corrected chi connectivity index (χ3v) is 5.37. The number of hydrogen-bond acceptors (Lipinski definition) is 5. The summed E-state index contributed by atoms with van der Waals surface area (Å²) in [5.74, 6) is 2.06. The first-order valence-corrected chi connectivity index (χ1v) is 8.86. The number of nitrogens with zero attached hydrogens (tertiary/aromatic N) is 2. The second kappa shape index (κ2) is 6.16. The SMILES string of the molecule is Cc1ccc(CN2CCO[C@H]3CN(Cc4ccsc4)C[C@H]32)o1. The number of hydrogen-bond donors (Lipinski definition) is 0. The third kappa shape index (κ3) is 2.99. The second-order valence-electron chi connectivity index (χ2n) is 6.29. The first-order valence-electron chi connectivity index (χ1n) is 7.92. The molecule has 4 nitrogen and oxygen atoms in total. The van der Waals surface area contributed by atoms with E-state index in [0.717, 1.165) is 50.9 Å². The molecule has 118 valence electrons. The van der Waals surface area contributed by atoms with Crippen molar-refractivity contribution in [1.29, 1.82) is 0 Å². The average Bonchev–Trinajstić information content (AvgIpc) is 3.21. The summed E-state index contributed by atoms with van der Waals surface area (Å²) in [4.78, 5) is 5.04. The van der Waals surface area contributed by atoms with Crippen LogP contribution in [0.25, 0.3) is 0 Å². The van der Waals surface area contributed by atoms with Crippen LogP contribution in [-0.2, 0) is 17.8 Å². The van der Waals surface area contributed by atoms with Crippen molar-refractivity contribution >= 4 is 11.3 Å². The van der Waals surface area contributed by atoms with Gasteiger partial charge in [0.05, 0.1) is 25.3 Å². The number of likely N-dealkylation sites (tertiary alicyclic amines) is 1. The van der Waals surface area contributed by atoms with Crippen LogP contribution in [0.4, 0.5) is 0 Å². The molecule has 2 aromatic rings. The van der Waals surface area contributed by atoms with Crippen molar-refractivity contribution in [1.82, 2.24) is 9.80 Å². The molecular formula is C17H22N2O2S. The lowest BCUT2D eigenvalue weighted by Gasteiger charge is -2.36. The Morgan fingerprint density at radius 1 is 1.23 bits per heavy atom. The Morgan fingerprint density at radius 3 is 2.95 bits per heavy atom. The van der Waals surface area contributed by atoms with Crippen LogP contribution in [-0.4, -0.2) is 48.2 Å². The van der Waals surface area contributed by atoms with E-state index in [9.17, 15) is 0 Å². The molecule has 2 aromatic heterocycles. The van der Waals surface area contributed by atoms with E-state index in [-0.39, 0.29) is 0 Å². The van der Waals surface area contributed by atoms with Gasteiger partial charge in [-0.15, -0.1) is 0 Å². The van der Waals surface area contributed by atoms with Gasteiger partial charge in [0.1, 0.15) is 11.5 Å². The van der Waals surface area contributed by atoms with E-state index in [2.05, 4.69) is 32.7 Å². The van der Waals surface area contributed by atoms with Gasteiger partial charge >= 0.3 is 0 Å². The Balaban J connectivity index is 1.42. The minimum atomic E-state index is 0.337. The summed E-state index contributed by atoms with van der Waals surface area (Å²) in [7, 11) is 0. The monoisotopic (exact) mass is 318 g/mol. The van der Waals surface area contributed by atoms with Crippen molar-refractivity contribution in [2.45, 2.75) is 32.2 Å². The molecule has 0 spiro atoms. The van der Waals surface area contributed by atoms with Gasteiger partial charge in [0.2, 0.25) is 0 Å². The van der Waals surface area contributed by atoms with Gasteiger partial charge in [-0.25, -0.2) is 0 Å². The Kier molecular flexibility index (Phi) is 4.05. The van der Waals surface area contributed by atoms with Crippen LogP contribution in [0.15, 0.2) is 33.4 Å². The topological polar surface area (TPSA) is 28.9 Å². The largest absolute Gasteiger partial charge is 0.465 e. The molecule has 0 radical (unpaired) electrons. The van der Waals surface area contributed by atoms with Crippen molar-refractivity contribution in [2.75, 3.05) is 26.2 Å². The first kappa shape index (κ1) is 14.5. The van der Waals surface area contributed by atoms with Crippen LogP contribution in [0.1, 0.15) is 17.1 Å². The van der Waals surface area contributed by atoms with Crippen molar-refractivity contribution < 1.29 is 9.15 Å². The minimum absolute atomic E-state index is 0.337. The molecule has 0 N–H and O–H groups in total. The van der Waals surface area contributed by atoms with E-state index in [1.54, 1.807) is 11.3 Å². The van der Waals surface area contributed by atoms with Gasteiger partial charge in [-0.1, -0.05) is 0 Å². The van der Waals surface area contributed by atoms with Gasteiger partial charge in [-0.05, 0) is 41.4 Å². The standard InChI is InChI=1S/C17H22N2O2S/c1-13-2-3-15(21-13)9-19-5-6-20-17-11-18(10-16(17)19)8-14-4-7-22-12-14/h2-4,7,12,16-17H,5-6,8-11H2,1H3/t16-,17+/m1/s1. The molecule has 22 heavy (non-hydrogen) atoms. The number of ether oxygens (including phenoxy) is 1. The number of furan rings is 1. The van der Waals surface area contributed by atoms with Crippen LogP contribution >= 0.6 is 11.3 Å². The lowest BCUT2D eigenvalue weighted by molar-refractivity contribution is -0.0523.